The van der Waals surface area contributed by atoms with E-state index in [-0.39, 0.29) is 5.92 Å². The molecule has 0 aromatic heterocycles. The number of hydrogen-bond acceptors (Lipinski definition) is 4. The van der Waals surface area contributed by atoms with E-state index < -0.39 is 10.0 Å². The fraction of sp³-hybridized carbons (Fsp3) is 0.400. The van der Waals surface area contributed by atoms with Crippen molar-refractivity contribution in [2.24, 2.45) is 0 Å². The van der Waals surface area contributed by atoms with Gasteiger partial charge in [-0.3, -0.25) is 0 Å². The van der Waals surface area contributed by atoms with Crippen LogP contribution in [0.4, 0.5) is 0 Å². The molecule has 8 heteroatoms. The molecule has 154 valence electrons. The Morgan fingerprint density at radius 2 is 1.89 bits per heavy atom. The summed E-state index contributed by atoms with van der Waals surface area (Å²) >= 11 is 13.7. The van der Waals surface area contributed by atoms with Crippen molar-refractivity contribution in [1.82, 2.24) is 4.72 Å². The van der Waals surface area contributed by atoms with E-state index in [9.17, 15) is 8.42 Å². The zero-order chi connectivity index (χ0) is 20.9. The minimum absolute atomic E-state index is 0.157. The summed E-state index contributed by atoms with van der Waals surface area (Å²) in [4.78, 5) is 0.294. The van der Waals surface area contributed by atoms with Crippen LogP contribution in [0.15, 0.2) is 35.2 Å². The Labute approximate surface area is 182 Å². The van der Waals surface area contributed by atoms with Crippen molar-refractivity contribution in [3.63, 3.8) is 0 Å². The van der Waals surface area contributed by atoms with E-state index in [4.69, 9.17) is 27.9 Å². The summed E-state index contributed by atoms with van der Waals surface area (Å²) in [6.07, 6.45) is 0. The smallest absolute Gasteiger partial charge is 0.240 e. The first-order valence-corrected chi connectivity index (χ1v) is 12.2. The van der Waals surface area contributed by atoms with Crippen LogP contribution in [0.2, 0.25) is 10.0 Å². The highest BCUT2D eigenvalue weighted by Crippen LogP contribution is 2.31. The van der Waals surface area contributed by atoms with E-state index in [2.05, 4.69) is 4.72 Å². The van der Waals surface area contributed by atoms with Gasteiger partial charge >= 0.3 is 0 Å². The van der Waals surface area contributed by atoms with Gasteiger partial charge in [-0.15, -0.1) is 0 Å². The van der Waals surface area contributed by atoms with Crippen LogP contribution in [0.3, 0.4) is 0 Å². The molecule has 4 nitrogen and oxygen atoms in total. The molecule has 0 fully saturated rings. The standard InChI is InChI=1S/C20H25Cl2NO3S2/c1-13(2)17-11-20(14(3)9-19(17)26-4)28(24,25)23-7-8-27-12-15-5-6-16(21)10-18(15)22/h5-6,9-11,13,23H,7-8,12H2,1-4H3. The number of aryl methyl sites for hydroxylation is 1. The summed E-state index contributed by atoms with van der Waals surface area (Å²) in [5, 5.41) is 1.22. The first kappa shape index (κ1) is 23.4. The molecular weight excluding hydrogens is 437 g/mol. The lowest BCUT2D eigenvalue weighted by Gasteiger charge is -2.16. The van der Waals surface area contributed by atoms with Crippen LogP contribution >= 0.6 is 35.0 Å². The monoisotopic (exact) mass is 461 g/mol. The normalized spacial score (nSPS) is 11.8. The van der Waals surface area contributed by atoms with Crippen molar-refractivity contribution in [2.75, 3.05) is 19.4 Å². The number of ether oxygens (including phenoxy) is 1. The summed E-state index contributed by atoms with van der Waals surface area (Å²) in [6.45, 7) is 6.13. The van der Waals surface area contributed by atoms with Crippen molar-refractivity contribution in [3.05, 3.63) is 57.1 Å². The molecule has 2 aromatic carbocycles. The van der Waals surface area contributed by atoms with E-state index in [0.717, 1.165) is 11.1 Å². The molecule has 28 heavy (non-hydrogen) atoms. The van der Waals surface area contributed by atoms with Gasteiger partial charge in [-0.05, 0) is 53.8 Å². The minimum atomic E-state index is -3.59. The Balaban J connectivity index is 1.99. The molecule has 2 aromatic rings. The molecule has 0 unspecified atom stereocenters. The lowest BCUT2D eigenvalue weighted by Crippen LogP contribution is -2.27. The zero-order valence-electron chi connectivity index (χ0n) is 16.4. The number of benzene rings is 2. The van der Waals surface area contributed by atoms with Crippen molar-refractivity contribution in [3.8, 4) is 5.75 Å². The van der Waals surface area contributed by atoms with Crippen LogP contribution < -0.4 is 9.46 Å². The molecule has 0 amide bonds. The maximum absolute atomic E-state index is 12.8. The van der Waals surface area contributed by atoms with Crippen LogP contribution in [0.1, 0.15) is 36.5 Å². The SMILES string of the molecule is COc1cc(C)c(S(=O)(=O)NCCSCc2ccc(Cl)cc2Cl)cc1C(C)C. The zero-order valence-corrected chi connectivity index (χ0v) is 19.5. The Morgan fingerprint density at radius 1 is 1.18 bits per heavy atom. The van der Waals surface area contributed by atoms with Gasteiger partial charge in [0.15, 0.2) is 0 Å². The molecule has 0 saturated carbocycles. The highest BCUT2D eigenvalue weighted by molar-refractivity contribution is 7.98. The summed E-state index contributed by atoms with van der Waals surface area (Å²) in [5.41, 5.74) is 2.51. The van der Waals surface area contributed by atoms with E-state index in [1.807, 2.05) is 19.9 Å². The summed E-state index contributed by atoms with van der Waals surface area (Å²) in [6, 6.07) is 8.88. The molecule has 0 aliphatic rings. The maximum atomic E-state index is 12.8. The van der Waals surface area contributed by atoms with Gasteiger partial charge in [-0.2, -0.15) is 11.8 Å². The van der Waals surface area contributed by atoms with Crippen LogP contribution in [-0.2, 0) is 15.8 Å². The number of methoxy groups -OCH3 is 1. The molecule has 0 heterocycles. The topological polar surface area (TPSA) is 55.4 Å². The molecule has 0 saturated heterocycles. The largest absolute Gasteiger partial charge is 0.496 e. The Bertz CT molecular complexity index is 931. The molecule has 1 N–H and O–H groups in total. The number of halogens is 2. The lowest BCUT2D eigenvalue weighted by molar-refractivity contribution is 0.406. The average Bonchev–Trinajstić information content (AvgIpc) is 2.62. The fourth-order valence-electron chi connectivity index (χ4n) is 2.74. The second-order valence-electron chi connectivity index (χ2n) is 6.70. The number of rotatable bonds is 9. The lowest BCUT2D eigenvalue weighted by atomic mass is 10.0. The van der Waals surface area contributed by atoms with Gasteiger partial charge in [-0.25, -0.2) is 13.1 Å². The molecule has 0 bridgehead atoms. The number of hydrogen-bond donors (Lipinski definition) is 1. The molecule has 0 spiro atoms. The molecule has 0 atom stereocenters. The minimum Gasteiger partial charge on any atom is -0.496 e. The number of nitrogens with one attached hydrogen (secondary N) is 1. The average molecular weight is 462 g/mol. The summed E-state index contributed by atoms with van der Waals surface area (Å²) in [7, 11) is -2.00. The highest BCUT2D eigenvalue weighted by Gasteiger charge is 2.20. The predicted octanol–water partition coefficient (Wildman–Crippen LogP) is 5.65. The third-order valence-corrected chi connectivity index (χ3v) is 7.45. The second-order valence-corrected chi connectivity index (χ2v) is 10.4. The van der Waals surface area contributed by atoms with Crippen molar-refractivity contribution < 1.29 is 13.2 Å². The summed E-state index contributed by atoms with van der Waals surface area (Å²) in [5.74, 6) is 2.19. The molecule has 0 aliphatic carbocycles. The third-order valence-electron chi connectivity index (χ3n) is 4.25. The van der Waals surface area contributed by atoms with E-state index >= 15 is 0 Å². The Hall–Kier alpha value is -0.920. The highest BCUT2D eigenvalue weighted by atomic mass is 35.5. The summed E-state index contributed by atoms with van der Waals surface area (Å²) < 4.78 is 33.6. The fourth-order valence-corrected chi connectivity index (χ4v) is 5.58. The van der Waals surface area contributed by atoms with E-state index in [1.165, 1.54) is 0 Å². The molecule has 0 radical (unpaired) electrons. The molecular formula is C20H25Cl2NO3S2. The quantitative estimate of drug-likeness (QED) is 0.490. The van der Waals surface area contributed by atoms with Gasteiger partial charge in [0.05, 0.1) is 12.0 Å². The van der Waals surface area contributed by atoms with Crippen LogP contribution in [-0.4, -0.2) is 27.8 Å². The van der Waals surface area contributed by atoms with Gasteiger partial charge in [0, 0.05) is 28.1 Å². The third kappa shape index (κ3) is 6.04. The van der Waals surface area contributed by atoms with Gasteiger partial charge in [0.2, 0.25) is 10.0 Å². The number of thioether (sulfide) groups is 1. The van der Waals surface area contributed by atoms with Gasteiger partial charge in [0.25, 0.3) is 0 Å². The Morgan fingerprint density at radius 3 is 2.50 bits per heavy atom. The first-order valence-electron chi connectivity index (χ1n) is 8.85. The van der Waals surface area contributed by atoms with Crippen LogP contribution in [0, 0.1) is 6.92 Å². The van der Waals surface area contributed by atoms with Gasteiger partial charge in [0.1, 0.15) is 5.75 Å². The predicted molar refractivity (Wildman–Crippen MR) is 120 cm³/mol. The van der Waals surface area contributed by atoms with Crippen molar-refractivity contribution >= 4 is 45.0 Å². The number of sulfonamides is 1. The van der Waals surface area contributed by atoms with Crippen molar-refractivity contribution in [1.29, 1.82) is 0 Å². The van der Waals surface area contributed by atoms with E-state index in [1.54, 1.807) is 50.1 Å². The maximum Gasteiger partial charge on any atom is 0.240 e. The van der Waals surface area contributed by atoms with Crippen LogP contribution in [0.25, 0.3) is 0 Å². The molecule has 2 rings (SSSR count). The van der Waals surface area contributed by atoms with Gasteiger partial charge < -0.3 is 4.74 Å². The van der Waals surface area contributed by atoms with Gasteiger partial charge in [-0.1, -0.05) is 43.1 Å². The molecule has 0 aliphatic heterocycles. The van der Waals surface area contributed by atoms with E-state index in [0.29, 0.717) is 44.3 Å². The van der Waals surface area contributed by atoms with Crippen LogP contribution in [0.5, 0.6) is 5.75 Å². The second kappa shape index (κ2) is 10.2. The first-order chi connectivity index (χ1) is 13.2. The Kier molecular flexibility index (Phi) is 8.52. The van der Waals surface area contributed by atoms with Crippen molar-refractivity contribution in [2.45, 2.75) is 37.3 Å².